The Hall–Kier alpha value is -3.19. The summed E-state index contributed by atoms with van der Waals surface area (Å²) in [5, 5.41) is 7.71. The van der Waals surface area contributed by atoms with Crippen LogP contribution in [0.4, 0.5) is 0 Å². The summed E-state index contributed by atoms with van der Waals surface area (Å²) >= 11 is 0. The van der Waals surface area contributed by atoms with E-state index in [0.717, 1.165) is 11.8 Å². The first-order chi connectivity index (χ1) is 14.6. The predicted molar refractivity (Wildman–Crippen MR) is 123 cm³/mol. The smallest absolute Gasteiger partial charge is 0.243 e. The predicted octanol–water partition coefficient (Wildman–Crippen LogP) is 1.79. The minimum Gasteiger partial charge on any atom is -0.370 e. The van der Waals surface area contributed by atoms with Crippen molar-refractivity contribution >= 4 is 28.5 Å². The van der Waals surface area contributed by atoms with Crippen LogP contribution in [0.1, 0.15) is 32.3 Å². The van der Waals surface area contributed by atoms with Crippen LogP contribution in [0.2, 0.25) is 0 Å². The Morgan fingerprint density at radius 2 is 1.81 bits per heavy atom. The van der Waals surface area contributed by atoms with Crippen molar-refractivity contribution < 1.29 is 14.4 Å². The largest absolute Gasteiger partial charge is 0.370 e. The minimum absolute atomic E-state index is 0.100. The zero-order valence-electron chi connectivity index (χ0n) is 18.2. The van der Waals surface area contributed by atoms with Crippen molar-refractivity contribution in [2.24, 2.45) is 17.4 Å². The van der Waals surface area contributed by atoms with E-state index in [9.17, 15) is 14.4 Å². The molecule has 0 unspecified atom stereocenters. The number of carbonyl (C=O) groups excluding carboxylic acids is 3. The van der Waals surface area contributed by atoms with Crippen molar-refractivity contribution in [3.63, 3.8) is 0 Å². The van der Waals surface area contributed by atoms with Gasteiger partial charge in [0.15, 0.2) is 0 Å². The monoisotopic (exact) mass is 424 g/mol. The average molecular weight is 425 g/mol. The Bertz CT molecular complexity index is 944. The molecule has 7 heteroatoms. The summed E-state index contributed by atoms with van der Waals surface area (Å²) in [6.07, 6.45) is 2.97. The molecule has 2 atom stereocenters. The lowest BCUT2D eigenvalue weighted by atomic mass is 9.92. The Labute approximate surface area is 183 Å². The maximum absolute atomic E-state index is 12.7. The van der Waals surface area contributed by atoms with Crippen LogP contribution in [0.15, 0.2) is 55.1 Å². The summed E-state index contributed by atoms with van der Waals surface area (Å²) in [5.74, 6) is -1.59. The van der Waals surface area contributed by atoms with Gasteiger partial charge in [-0.05, 0) is 48.9 Å². The third-order valence-electron chi connectivity index (χ3n) is 5.07. The fourth-order valence-corrected chi connectivity index (χ4v) is 3.38. The van der Waals surface area contributed by atoms with E-state index in [1.54, 1.807) is 0 Å². The van der Waals surface area contributed by atoms with Gasteiger partial charge in [-0.3, -0.25) is 14.4 Å². The first kappa shape index (κ1) is 24.1. The number of primary amides is 1. The third-order valence-corrected chi connectivity index (χ3v) is 5.07. The van der Waals surface area contributed by atoms with Crippen LogP contribution in [0.3, 0.4) is 0 Å². The molecule has 31 heavy (non-hydrogen) atoms. The van der Waals surface area contributed by atoms with Crippen molar-refractivity contribution in [2.45, 2.75) is 44.7 Å². The van der Waals surface area contributed by atoms with E-state index in [2.05, 4.69) is 41.5 Å². The van der Waals surface area contributed by atoms with Gasteiger partial charge in [-0.25, -0.2) is 0 Å². The molecule has 0 saturated heterocycles. The first-order valence-electron chi connectivity index (χ1n) is 10.3. The van der Waals surface area contributed by atoms with Crippen molar-refractivity contribution in [2.75, 3.05) is 6.54 Å². The van der Waals surface area contributed by atoms with Crippen LogP contribution >= 0.6 is 0 Å². The summed E-state index contributed by atoms with van der Waals surface area (Å²) < 4.78 is 0. The molecule has 2 rings (SSSR count). The molecule has 0 radical (unpaired) electrons. The highest BCUT2D eigenvalue weighted by molar-refractivity contribution is 5.94. The molecule has 0 heterocycles. The lowest BCUT2D eigenvalue weighted by Gasteiger charge is -2.24. The summed E-state index contributed by atoms with van der Waals surface area (Å²) in [6, 6.07) is 13.3. The van der Waals surface area contributed by atoms with Crippen LogP contribution in [-0.2, 0) is 20.8 Å². The van der Waals surface area contributed by atoms with Gasteiger partial charge in [-0.15, -0.1) is 6.58 Å². The van der Waals surface area contributed by atoms with Gasteiger partial charge < -0.3 is 22.1 Å². The standard InChI is InChI=1S/C24H32N4O3/c1-4-8-16(13-18-11-7-10-17-9-5-6-12-19(17)18)15-27-22(30)20(14-21(25)29)28-23(31)24(2,3)26/h4-7,9-12,16,20H,1,8,13-15,26H2,2-3H3,(H2,25,29)(H,27,30)(H,28,31)/t16-,20-/m0/s1. The van der Waals surface area contributed by atoms with E-state index in [0.29, 0.717) is 13.0 Å². The van der Waals surface area contributed by atoms with Gasteiger partial charge in [0.05, 0.1) is 12.0 Å². The SMILES string of the molecule is C=CC[C@H](CNC(=O)[C@H](CC(N)=O)NC(=O)C(C)(C)N)Cc1cccc2ccccc12. The lowest BCUT2D eigenvalue weighted by Crippen LogP contribution is -2.57. The molecule has 166 valence electrons. The van der Waals surface area contributed by atoms with E-state index in [-0.39, 0.29) is 12.3 Å². The third kappa shape index (κ3) is 7.22. The molecule has 0 spiro atoms. The second-order valence-electron chi connectivity index (χ2n) is 8.40. The second-order valence-corrected chi connectivity index (χ2v) is 8.40. The number of carbonyl (C=O) groups is 3. The number of hydrogen-bond acceptors (Lipinski definition) is 4. The molecule has 0 aliphatic rings. The summed E-state index contributed by atoms with van der Waals surface area (Å²) in [4.78, 5) is 36.3. The second kappa shape index (κ2) is 10.7. The molecule has 0 bridgehead atoms. The number of nitrogens with two attached hydrogens (primary N) is 2. The van der Waals surface area contributed by atoms with E-state index >= 15 is 0 Å². The van der Waals surface area contributed by atoms with Gasteiger partial charge in [-0.1, -0.05) is 48.5 Å². The average Bonchev–Trinajstić information content (AvgIpc) is 2.70. The molecule has 0 aliphatic carbocycles. The van der Waals surface area contributed by atoms with Crippen molar-refractivity contribution in [3.8, 4) is 0 Å². The molecular formula is C24H32N4O3. The zero-order chi connectivity index (χ0) is 23.0. The van der Waals surface area contributed by atoms with Crippen LogP contribution in [0, 0.1) is 5.92 Å². The topological polar surface area (TPSA) is 127 Å². The fraction of sp³-hybridized carbons (Fsp3) is 0.375. The molecule has 0 saturated carbocycles. The molecule has 3 amide bonds. The fourth-order valence-electron chi connectivity index (χ4n) is 3.38. The zero-order valence-corrected chi connectivity index (χ0v) is 18.2. The maximum atomic E-state index is 12.7. The maximum Gasteiger partial charge on any atom is 0.243 e. The number of allylic oxidation sites excluding steroid dienone is 1. The quantitative estimate of drug-likeness (QED) is 0.410. The number of fused-ring (bicyclic) bond motifs is 1. The van der Waals surface area contributed by atoms with E-state index in [1.807, 2.05) is 24.3 Å². The van der Waals surface area contributed by atoms with Gasteiger partial charge in [0.2, 0.25) is 17.7 Å². The molecular weight excluding hydrogens is 392 g/mol. The van der Waals surface area contributed by atoms with E-state index in [4.69, 9.17) is 11.5 Å². The van der Waals surface area contributed by atoms with Crippen LogP contribution in [-0.4, -0.2) is 35.8 Å². The molecule has 2 aromatic rings. The Morgan fingerprint density at radius 1 is 1.13 bits per heavy atom. The minimum atomic E-state index is -1.18. The van der Waals surface area contributed by atoms with Gasteiger partial charge in [0.25, 0.3) is 0 Å². The Morgan fingerprint density at radius 3 is 2.45 bits per heavy atom. The number of hydrogen-bond donors (Lipinski definition) is 4. The number of rotatable bonds is 11. The number of benzene rings is 2. The highest BCUT2D eigenvalue weighted by atomic mass is 16.2. The number of amides is 3. The van der Waals surface area contributed by atoms with Gasteiger partial charge in [-0.2, -0.15) is 0 Å². The molecule has 0 aliphatic heterocycles. The first-order valence-corrected chi connectivity index (χ1v) is 10.3. The van der Waals surface area contributed by atoms with Crippen molar-refractivity contribution in [1.29, 1.82) is 0 Å². The molecule has 7 nitrogen and oxygen atoms in total. The van der Waals surface area contributed by atoms with E-state index < -0.39 is 29.3 Å². The van der Waals surface area contributed by atoms with Crippen molar-refractivity contribution in [3.05, 3.63) is 60.7 Å². The Kier molecular flexibility index (Phi) is 8.33. The molecule has 0 fully saturated rings. The van der Waals surface area contributed by atoms with Crippen molar-refractivity contribution in [1.82, 2.24) is 10.6 Å². The van der Waals surface area contributed by atoms with Gasteiger partial charge in [0.1, 0.15) is 6.04 Å². The highest BCUT2D eigenvalue weighted by Crippen LogP contribution is 2.22. The molecule has 6 N–H and O–H groups in total. The normalized spacial score (nSPS) is 13.3. The van der Waals surface area contributed by atoms with Gasteiger partial charge >= 0.3 is 0 Å². The molecule has 2 aromatic carbocycles. The van der Waals surface area contributed by atoms with Crippen LogP contribution < -0.4 is 22.1 Å². The number of nitrogens with one attached hydrogen (secondary N) is 2. The molecule has 0 aromatic heterocycles. The lowest BCUT2D eigenvalue weighted by molar-refractivity contribution is -0.133. The van der Waals surface area contributed by atoms with Gasteiger partial charge in [0, 0.05) is 6.54 Å². The summed E-state index contributed by atoms with van der Waals surface area (Å²) in [7, 11) is 0. The van der Waals surface area contributed by atoms with E-state index in [1.165, 1.54) is 24.8 Å². The summed E-state index contributed by atoms with van der Waals surface area (Å²) in [6.45, 7) is 7.23. The summed E-state index contributed by atoms with van der Waals surface area (Å²) in [5.41, 5.74) is 11.0. The van der Waals surface area contributed by atoms with Crippen LogP contribution in [0.25, 0.3) is 10.8 Å². The Balaban J connectivity index is 2.09. The van der Waals surface area contributed by atoms with Crippen LogP contribution in [0.5, 0.6) is 0 Å². The highest BCUT2D eigenvalue weighted by Gasteiger charge is 2.29.